The lowest BCUT2D eigenvalue weighted by Crippen LogP contribution is -2.71. The molecule has 2 unspecified atom stereocenters. The number of hydroxylamine groups is 4. The van der Waals surface area contributed by atoms with Gasteiger partial charge in [0.2, 0.25) is 0 Å². The highest BCUT2D eigenvalue weighted by Gasteiger charge is 2.55. The minimum atomic E-state index is -1.09. The second kappa shape index (κ2) is 13.9. The molecule has 0 bridgehead atoms. The van der Waals surface area contributed by atoms with Crippen molar-refractivity contribution in [2.75, 3.05) is 0 Å². The second-order valence-corrected chi connectivity index (χ2v) is 11.0. The number of hydrogen-bond acceptors (Lipinski definition) is 2. The normalized spacial score (nSPS) is 25.8. The molecule has 1 aliphatic rings. The van der Waals surface area contributed by atoms with Gasteiger partial charge in [-0.1, -0.05) is 83.3 Å². The van der Waals surface area contributed by atoms with Crippen molar-refractivity contribution in [3.8, 4) is 0 Å². The van der Waals surface area contributed by atoms with E-state index in [-0.39, 0.29) is 0 Å². The third kappa shape index (κ3) is 8.63. The predicted octanol–water partition coefficient (Wildman–Crippen LogP) is 9.09. The second-order valence-electron chi connectivity index (χ2n) is 11.0. The van der Waals surface area contributed by atoms with Gasteiger partial charge < -0.3 is 5.21 Å². The maximum absolute atomic E-state index is 12.9. The molecule has 0 saturated carbocycles. The molecule has 0 aromatic carbocycles. The molecular formula is C27H53NO2. The monoisotopic (exact) mass is 423 g/mol. The van der Waals surface area contributed by atoms with Crippen LogP contribution in [0.4, 0.5) is 0 Å². The van der Waals surface area contributed by atoms with Gasteiger partial charge in [0.05, 0.1) is 0 Å². The summed E-state index contributed by atoms with van der Waals surface area (Å²) in [4.78, 5) is -1.09. The molecule has 30 heavy (non-hydrogen) atoms. The number of unbranched alkanes of at least 4 members (excludes halogenated alkanes) is 12. The lowest BCUT2D eigenvalue weighted by molar-refractivity contribution is -1.14. The van der Waals surface area contributed by atoms with Crippen molar-refractivity contribution in [3.05, 3.63) is 17.4 Å². The molecule has 1 N–H and O–H groups in total. The van der Waals surface area contributed by atoms with Gasteiger partial charge in [-0.2, -0.15) is 0 Å². The van der Waals surface area contributed by atoms with Crippen molar-refractivity contribution in [3.63, 3.8) is 0 Å². The van der Waals surface area contributed by atoms with Crippen molar-refractivity contribution in [1.82, 2.24) is 0 Å². The topological polar surface area (TPSA) is 43.3 Å². The Labute approximate surface area is 188 Å². The van der Waals surface area contributed by atoms with E-state index in [2.05, 4.69) is 19.1 Å². The van der Waals surface area contributed by atoms with Crippen LogP contribution in [-0.2, 0) is 0 Å². The number of allylic oxidation sites excluding steroid dienone is 2. The van der Waals surface area contributed by atoms with Gasteiger partial charge in [0.25, 0.3) is 0 Å². The number of piperidine rings is 1. The van der Waals surface area contributed by atoms with Gasteiger partial charge in [-0.3, -0.25) is 0 Å². The van der Waals surface area contributed by atoms with Gasteiger partial charge in [-0.15, -0.1) is 0 Å². The first-order valence-electron chi connectivity index (χ1n) is 13.1. The molecule has 1 saturated heterocycles. The Kier molecular flexibility index (Phi) is 12.8. The Bertz CT molecular complexity index is 467. The van der Waals surface area contributed by atoms with E-state index < -0.39 is 15.9 Å². The molecule has 1 rings (SSSR count). The summed E-state index contributed by atoms with van der Waals surface area (Å²) in [5, 5.41) is 23.5. The standard InChI is InChI=1S/C27H53NO2/c1-6-7-8-9-10-11-12-13-14-15-16-17-18-19-20-21-22-25-23-24-26(2,3)28(29,30)27(25,4)5/h13-14,25,29H,6-12,15-24H2,1-5H3/b14-13-. The Hall–Kier alpha value is -0.380. The summed E-state index contributed by atoms with van der Waals surface area (Å²) in [5.41, 5.74) is -1.20. The average molecular weight is 424 g/mol. The van der Waals surface area contributed by atoms with Gasteiger partial charge in [-0.25, -0.2) is 10.0 Å². The third-order valence-corrected chi connectivity index (χ3v) is 7.77. The summed E-state index contributed by atoms with van der Waals surface area (Å²) in [7, 11) is 0. The van der Waals surface area contributed by atoms with Crippen LogP contribution in [0.25, 0.3) is 0 Å². The molecule has 0 amide bonds. The van der Waals surface area contributed by atoms with Crippen LogP contribution in [0.3, 0.4) is 0 Å². The highest BCUT2D eigenvalue weighted by molar-refractivity contribution is 4.90. The van der Waals surface area contributed by atoms with E-state index in [1.165, 1.54) is 89.9 Å². The van der Waals surface area contributed by atoms with Crippen LogP contribution in [0.1, 0.15) is 144 Å². The summed E-state index contributed by atoms with van der Waals surface area (Å²) >= 11 is 0. The SMILES string of the molecule is CCCCCCCC/C=C\CCCCCCCCC1CCC(C)(C)[N+]([O-])(O)C1(C)C. The maximum atomic E-state index is 12.9. The Morgan fingerprint density at radius 1 is 0.800 bits per heavy atom. The van der Waals surface area contributed by atoms with Crippen LogP contribution < -0.4 is 0 Å². The molecule has 3 nitrogen and oxygen atoms in total. The highest BCUT2D eigenvalue weighted by Crippen LogP contribution is 2.47. The zero-order chi connectivity index (χ0) is 22.5. The molecule has 0 aliphatic carbocycles. The van der Waals surface area contributed by atoms with Crippen molar-refractivity contribution in [1.29, 1.82) is 0 Å². The maximum Gasteiger partial charge on any atom is 0.126 e. The van der Waals surface area contributed by atoms with E-state index in [4.69, 9.17) is 0 Å². The lowest BCUT2D eigenvalue weighted by Gasteiger charge is -2.61. The van der Waals surface area contributed by atoms with E-state index in [1.54, 1.807) is 0 Å². The molecule has 0 aromatic rings. The fourth-order valence-electron chi connectivity index (χ4n) is 5.20. The zero-order valence-corrected chi connectivity index (χ0v) is 21.1. The minimum absolute atomic E-state index is 0.324. The first-order valence-corrected chi connectivity index (χ1v) is 13.1. The number of hydrogen-bond donors (Lipinski definition) is 1. The predicted molar refractivity (Wildman–Crippen MR) is 130 cm³/mol. The Morgan fingerprint density at radius 2 is 1.27 bits per heavy atom. The van der Waals surface area contributed by atoms with Crippen LogP contribution in [0.5, 0.6) is 0 Å². The third-order valence-electron chi connectivity index (χ3n) is 7.77. The first kappa shape index (κ1) is 27.7. The zero-order valence-electron chi connectivity index (χ0n) is 21.1. The van der Waals surface area contributed by atoms with E-state index in [0.29, 0.717) is 5.92 Å². The smallest absolute Gasteiger partial charge is 0.126 e. The van der Waals surface area contributed by atoms with Crippen LogP contribution in [0.2, 0.25) is 0 Å². The largest absolute Gasteiger partial charge is 0.598 e. The summed E-state index contributed by atoms with van der Waals surface area (Å²) in [6, 6.07) is 0. The molecule has 0 aromatic heterocycles. The Balaban J connectivity index is 2.01. The van der Waals surface area contributed by atoms with E-state index in [1.807, 2.05) is 27.7 Å². The van der Waals surface area contributed by atoms with Crippen LogP contribution in [0.15, 0.2) is 12.2 Å². The molecule has 2 atom stereocenters. The number of nitrogens with zero attached hydrogens (tertiary/aromatic N) is 1. The molecule has 1 aliphatic heterocycles. The van der Waals surface area contributed by atoms with Crippen molar-refractivity contribution < 1.29 is 10.0 Å². The molecule has 0 radical (unpaired) electrons. The summed E-state index contributed by atoms with van der Waals surface area (Å²) in [6.07, 6.45) is 26.3. The van der Waals surface area contributed by atoms with Crippen molar-refractivity contribution >= 4 is 0 Å². The average Bonchev–Trinajstić information content (AvgIpc) is 2.68. The molecule has 1 heterocycles. The highest BCUT2D eigenvalue weighted by atomic mass is 16.8. The molecule has 1 fully saturated rings. The number of rotatable bonds is 16. The molecule has 3 heteroatoms. The number of quaternary nitrogens is 1. The Morgan fingerprint density at radius 3 is 1.80 bits per heavy atom. The van der Waals surface area contributed by atoms with E-state index in [9.17, 15) is 10.4 Å². The van der Waals surface area contributed by atoms with E-state index in [0.717, 1.165) is 19.3 Å². The van der Waals surface area contributed by atoms with Gasteiger partial charge in [0.15, 0.2) is 0 Å². The van der Waals surface area contributed by atoms with Gasteiger partial charge in [0, 0.05) is 12.3 Å². The summed E-state index contributed by atoms with van der Waals surface area (Å²) in [5.74, 6) is 0.324. The van der Waals surface area contributed by atoms with Crippen molar-refractivity contribution in [2.45, 2.75) is 155 Å². The summed E-state index contributed by atoms with van der Waals surface area (Å²) in [6.45, 7) is 10.0. The molecule has 178 valence electrons. The lowest BCUT2D eigenvalue weighted by atomic mass is 9.71. The molecule has 0 spiro atoms. The van der Waals surface area contributed by atoms with Crippen LogP contribution in [-0.4, -0.2) is 21.1 Å². The van der Waals surface area contributed by atoms with Crippen LogP contribution >= 0.6 is 0 Å². The fourth-order valence-corrected chi connectivity index (χ4v) is 5.20. The first-order chi connectivity index (χ1) is 14.2. The molecular weight excluding hydrogens is 370 g/mol. The quantitative estimate of drug-likeness (QED) is 0.116. The van der Waals surface area contributed by atoms with Gasteiger partial charge in [0.1, 0.15) is 11.1 Å². The van der Waals surface area contributed by atoms with Crippen molar-refractivity contribution in [2.24, 2.45) is 5.92 Å². The fraction of sp³-hybridized carbons (Fsp3) is 0.926. The van der Waals surface area contributed by atoms with Gasteiger partial charge >= 0.3 is 0 Å². The summed E-state index contributed by atoms with van der Waals surface area (Å²) < 4.78 is 0. The van der Waals surface area contributed by atoms with Crippen LogP contribution in [0, 0.1) is 11.1 Å². The minimum Gasteiger partial charge on any atom is -0.598 e. The van der Waals surface area contributed by atoms with Gasteiger partial charge in [-0.05, 0) is 66.2 Å². The van der Waals surface area contributed by atoms with E-state index >= 15 is 0 Å².